The summed E-state index contributed by atoms with van der Waals surface area (Å²) in [7, 11) is 0. The maximum Gasteiger partial charge on any atom is 0.239 e. The molecule has 18 heavy (non-hydrogen) atoms. The summed E-state index contributed by atoms with van der Waals surface area (Å²) >= 11 is 0. The van der Waals surface area contributed by atoms with Crippen LogP contribution < -0.4 is 15.8 Å². The van der Waals surface area contributed by atoms with Gasteiger partial charge in [0.2, 0.25) is 5.88 Å². The van der Waals surface area contributed by atoms with Crippen molar-refractivity contribution in [3.63, 3.8) is 0 Å². The molecule has 1 aromatic rings. The first-order chi connectivity index (χ1) is 8.70. The summed E-state index contributed by atoms with van der Waals surface area (Å²) in [6.45, 7) is 3.18. The molecule has 2 unspecified atom stereocenters. The summed E-state index contributed by atoms with van der Waals surface area (Å²) in [5.41, 5.74) is 6.31. The highest BCUT2D eigenvalue weighted by Crippen LogP contribution is 2.26. The van der Waals surface area contributed by atoms with Crippen LogP contribution in [0, 0.1) is 5.92 Å². The molecule has 1 heterocycles. The first-order valence-electron chi connectivity index (χ1n) is 6.52. The van der Waals surface area contributed by atoms with Crippen molar-refractivity contribution in [2.75, 3.05) is 24.2 Å². The fourth-order valence-electron chi connectivity index (χ4n) is 2.29. The molecule has 0 amide bonds. The Morgan fingerprint density at radius 2 is 2.33 bits per heavy atom. The van der Waals surface area contributed by atoms with Gasteiger partial charge in [0.15, 0.2) is 0 Å². The van der Waals surface area contributed by atoms with Gasteiger partial charge in [0, 0.05) is 12.5 Å². The molecule has 100 valence electrons. The van der Waals surface area contributed by atoms with Crippen molar-refractivity contribution in [2.24, 2.45) is 5.92 Å². The van der Waals surface area contributed by atoms with Crippen LogP contribution in [0.25, 0.3) is 0 Å². The number of nitrogen functional groups attached to an aromatic ring is 1. The molecule has 5 nitrogen and oxygen atoms in total. The number of hydrogen-bond donors (Lipinski definition) is 3. The van der Waals surface area contributed by atoms with Crippen LogP contribution in [0.1, 0.15) is 26.2 Å². The van der Waals surface area contributed by atoms with E-state index in [1.807, 2.05) is 13.0 Å². The van der Waals surface area contributed by atoms with Gasteiger partial charge in [0.1, 0.15) is 5.82 Å². The minimum absolute atomic E-state index is 0.183. The van der Waals surface area contributed by atoms with Gasteiger partial charge in [-0.15, -0.1) is 0 Å². The van der Waals surface area contributed by atoms with E-state index in [1.54, 1.807) is 6.07 Å². The largest absolute Gasteiger partial charge is 0.476 e. The average molecular weight is 251 g/mol. The normalized spacial score (nSPS) is 23.0. The van der Waals surface area contributed by atoms with Crippen molar-refractivity contribution >= 4 is 11.5 Å². The third-order valence-corrected chi connectivity index (χ3v) is 3.34. The van der Waals surface area contributed by atoms with E-state index in [4.69, 9.17) is 10.5 Å². The first-order valence-corrected chi connectivity index (χ1v) is 6.52. The molecule has 0 bridgehead atoms. The van der Waals surface area contributed by atoms with Crippen LogP contribution in [0.5, 0.6) is 5.88 Å². The highest BCUT2D eigenvalue weighted by molar-refractivity contribution is 5.53. The van der Waals surface area contributed by atoms with E-state index in [1.165, 1.54) is 0 Å². The lowest BCUT2D eigenvalue weighted by molar-refractivity contribution is 0.138. The second-order valence-electron chi connectivity index (χ2n) is 4.66. The third kappa shape index (κ3) is 3.04. The first kappa shape index (κ1) is 13.0. The van der Waals surface area contributed by atoms with E-state index in [2.05, 4.69) is 10.3 Å². The van der Waals surface area contributed by atoms with Crippen LogP contribution in [0.4, 0.5) is 11.5 Å². The molecule has 1 saturated carbocycles. The molecule has 0 radical (unpaired) electrons. The number of nitrogens with zero attached hydrogens (tertiary/aromatic N) is 1. The number of aromatic nitrogens is 1. The zero-order valence-corrected chi connectivity index (χ0v) is 10.7. The fraction of sp³-hybridized carbons (Fsp3) is 0.615. The van der Waals surface area contributed by atoms with Gasteiger partial charge >= 0.3 is 0 Å². The van der Waals surface area contributed by atoms with Crippen molar-refractivity contribution in [3.05, 3.63) is 12.1 Å². The van der Waals surface area contributed by atoms with E-state index in [9.17, 15) is 5.11 Å². The molecular weight excluding hydrogens is 230 g/mol. The lowest BCUT2D eigenvalue weighted by Gasteiger charge is -2.16. The van der Waals surface area contributed by atoms with E-state index >= 15 is 0 Å². The van der Waals surface area contributed by atoms with Crippen molar-refractivity contribution < 1.29 is 9.84 Å². The number of ether oxygens (including phenoxy) is 1. The predicted molar refractivity (Wildman–Crippen MR) is 71.7 cm³/mol. The molecule has 1 aliphatic carbocycles. The maximum atomic E-state index is 9.74. The van der Waals surface area contributed by atoms with Crippen molar-refractivity contribution in [1.29, 1.82) is 0 Å². The summed E-state index contributed by atoms with van der Waals surface area (Å²) in [6, 6.07) is 3.62. The van der Waals surface area contributed by atoms with Gasteiger partial charge in [-0.25, -0.2) is 0 Å². The van der Waals surface area contributed by atoms with Crippen molar-refractivity contribution in [2.45, 2.75) is 32.3 Å². The number of aliphatic hydroxyl groups is 1. The van der Waals surface area contributed by atoms with Crippen LogP contribution in [0.2, 0.25) is 0 Å². The second-order valence-corrected chi connectivity index (χ2v) is 4.66. The number of rotatable bonds is 5. The molecule has 1 aromatic heterocycles. The number of pyridine rings is 1. The van der Waals surface area contributed by atoms with Gasteiger partial charge in [-0.1, -0.05) is 6.42 Å². The van der Waals surface area contributed by atoms with Crippen LogP contribution in [-0.2, 0) is 0 Å². The zero-order valence-electron chi connectivity index (χ0n) is 10.7. The number of nitrogens with one attached hydrogen (secondary N) is 1. The van der Waals surface area contributed by atoms with Crippen molar-refractivity contribution in [1.82, 2.24) is 4.98 Å². The predicted octanol–water partition coefficient (Wildman–Crippen LogP) is 1.64. The Hall–Kier alpha value is -1.49. The number of anilines is 2. The summed E-state index contributed by atoms with van der Waals surface area (Å²) < 4.78 is 5.34. The zero-order chi connectivity index (χ0) is 13.0. The number of aliphatic hydroxyl groups excluding tert-OH is 1. The quantitative estimate of drug-likeness (QED) is 0.741. The van der Waals surface area contributed by atoms with Gasteiger partial charge < -0.3 is 20.9 Å². The number of hydrogen-bond acceptors (Lipinski definition) is 5. The smallest absolute Gasteiger partial charge is 0.239 e. The highest BCUT2D eigenvalue weighted by Gasteiger charge is 2.24. The molecule has 0 aromatic carbocycles. The average Bonchev–Trinajstić information content (AvgIpc) is 2.76. The Bertz CT molecular complexity index is 398. The molecule has 1 fully saturated rings. The number of nitrogens with two attached hydrogens (primary N) is 1. The highest BCUT2D eigenvalue weighted by atomic mass is 16.5. The van der Waals surface area contributed by atoms with E-state index < -0.39 is 0 Å². The van der Waals surface area contributed by atoms with E-state index in [0.29, 0.717) is 24.1 Å². The molecule has 4 N–H and O–H groups in total. The SMILES string of the molecule is CCOc1nc(NCC2CCCC2O)ccc1N. The minimum Gasteiger partial charge on any atom is -0.476 e. The maximum absolute atomic E-state index is 9.74. The van der Waals surface area contributed by atoms with Crippen LogP contribution in [0.15, 0.2) is 12.1 Å². The van der Waals surface area contributed by atoms with Crippen LogP contribution in [-0.4, -0.2) is 29.3 Å². The van der Waals surface area contributed by atoms with Gasteiger partial charge in [-0.3, -0.25) is 0 Å². The Kier molecular flexibility index (Phi) is 4.25. The second kappa shape index (κ2) is 5.91. The lowest BCUT2D eigenvalue weighted by Crippen LogP contribution is -2.22. The van der Waals surface area contributed by atoms with Gasteiger partial charge in [-0.05, 0) is 31.9 Å². The molecule has 0 saturated heterocycles. The Labute approximate surface area is 107 Å². The third-order valence-electron chi connectivity index (χ3n) is 3.34. The Balaban J connectivity index is 1.94. The van der Waals surface area contributed by atoms with Crippen molar-refractivity contribution in [3.8, 4) is 5.88 Å². The topological polar surface area (TPSA) is 80.4 Å². The monoisotopic (exact) mass is 251 g/mol. The van der Waals surface area contributed by atoms with Crippen LogP contribution >= 0.6 is 0 Å². The molecule has 1 aliphatic rings. The summed E-state index contributed by atoms with van der Waals surface area (Å²) in [6.07, 6.45) is 2.90. The van der Waals surface area contributed by atoms with Gasteiger partial charge in [0.05, 0.1) is 18.4 Å². The standard InChI is InChI=1S/C13H21N3O2/c1-2-18-13-10(14)6-7-12(16-13)15-8-9-4-3-5-11(9)17/h6-7,9,11,17H,2-5,8,14H2,1H3,(H,15,16). The fourth-order valence-corrected chi connectivity index (χ4v) is 2.29. The van der Waals surface area contributed by atoms with Crippen LogP contribution in [0.3, 0.4) is 0 Å². The van der Waals surface area contributed by atoms with E-state index in [0.717, 1.165) is 31.6 Å². The Morgan fingerprint density at radius 3 is 3.00 bits per heavy atom. The van der Waals surface area contributed by atoms with E-state index in [-0.39, 0.29) is 6.10 Å². The minimum atomic E-state index is -0.183. The summed E-state index contributed by atoms with van der Waals surface area (Å²) in [5, 5.41) is 13.0. The Morgan fingerprint density at radius 1 is 1.50 bits per heavy atom. The summed E-state index contributed by atoms with van der Waals surface area (Å²) in [5.74, 6) is 1.53. The molecule has 0 aliphatic heterocycles. The lowest BCUT2D eigenvalue weighted by atomic mass is 10.1. The molecule has 2 rings (SSSR count). The molecule has 5 heteroatoms. The molecule has 0 spiro atoms. The summed E-state index contributed by atoms with van der Waals surface area (Å²) in [4.78, 5) is 4.31. The molecule has 2 atom stereocenters. The van der Waals surface area contributed by atoms with Gasteiger partial charge in [-0.2, -0.15) is 4.98 Å². The van der Waals surface area contributed by atoms with Gasteiger partial charge in [0.25, 0.3) is 0 Å². The molecular formula is C13H21N3O2.